The number of β-amino-alcohol motifs (C(OH)–C–C–N with tert-alkyl or cyclic N) is 1. The van der Waals surface area contributed by atoms with E-state index in [0.29, 0.717) is 37.2 Å². The lowest BCUT2D eigenvalue weighted by atomic mass is 9.89. The van der Waals surface area contributed by atoms with Gasteiger partial charge in [0.2, 0.25) is 5.95 Å². The Balaban J connectivity index is 1.87. The van der Waals surface area contributed by atoms with Crippen molar-refractivity contribution < 1.29 is 13.9 Å². The number of alkyl halides is 2. The highest BCUT2D eigenvalue weighted by Crippen LogP contribution is 2.42. The van der Waals surface area contributed by atoms with E-state index in [4.69, 9.17) is 0 Å². The van der Waals surface area contributed by atoms with Crippen molar-refractivity contribution in [1.82, 2.24) is 9.97 Å². The van der Waals surface area contributed by atoms with Crippen LogP contribution in [0.15, 0.2) is 24.3 Å². The number of fused-ring (bicyclic) bond motifs is 1. The number of aliphatic hydroxyl groups excluding tert-OH is 1. The van der Waals surface area contributed by atoms with E-state index < -0.39 is 12.0 Å². The third-order valence-corrected chi connectivity index (χ3v) is 4.73. The lowest BCUT2D eigenvalue weighted by Gasteiger charge is -2.37. The zero-order valence-corrected chi connectivity index (χ0v) is 13.5. The summed E-state index contributed by atoms with van der Waals surface area (Å²) in [5, 5.41) is 9.49. The van der Waals surface area contributed by atoms with E-state index in [0.717, 1.165) is 11.1 Å². The normalized spacial score (nSPS) is 19.8. The molecule has 0 unspecified atom stereocenters. The van der Waals surface area contributed by atoms with Crippen LogP contribution in [0.5, 0.6) is 0 Å². The maximum absolute atomic E-state index is 14.4. The molecule has 1 aliphatic carbocycles. The summed E-state index contributed by atoms with van der Waals surface area (Å²) in [6.07, 6.45) is 0.390. The molecule has 6 heteroatoms. The Morgan fingerprint density at radius 2 is 1.88 bits per heavy atom. The molecular weight excluding hydrogens is 312 g/mol. The zero-order chi connectivity index (χ0) is 16.9. The molecule has 0 bridgehead atoms. The van der Waals surface area contributed by atoms with Crippen LogP contribution in [-0.4, -0.2) is 34.3 Å². The van der Waals surface area contributed by atoms with Crippen LogP contribution >= 0.6 is 0 Å². The van der Waals surface area contributed by atoms with Gasteiger partial charge in [-0.05, 0) is 19.8 Å². The molecule has 126 valence electrons. The predicted octanol–water partition coefficient (Wildman–Crippen LogP) is 3.06. The number of aliphatic hydroxyl groups is 1. The van der Waals surface area contributed by atoms with Gasteiger partial charge in [-0.2, -0.15) is 8.78 Å². The van der Waals surface area contributed by atoms with Crippen LogP contribution in [0, 0.1) is 6.92 Å². The van der Waals surface area contributed by atoms with E-state index in [-0.39, 0.29) is 18.1 Å². The summed E-state index contributed by atoms with van der Waals surface area (Å²) in [7, 11) is 0. The Hall–Kier alpha value is -2.08. The topological polar surface area (TPSA) is 49.2 Å². The molecule has 0 amide bonds. The van der Waals surface area contributed by atoms with Crippen LogP contribution in [0.25, 0.3) is 11.3 Å². The number of aryl methyl sites for hydroxylation is 1. The highest BCUT2D eigenvalue weighted by molar-refractivity contribution is 5.67. The third-order valence-electron chi connectivity index (χ3n) is 4.73. The average Bonchev–Trinajstić information content (AvgIpc) is 2.52. The molecule has 1 saturated heterocycles. The number of nitrogens with zero attached hydrogens (tertiary/aromatic N) is 3. The van der Waals surface area contributed by atoms with Crippen molar-refractivity contribution in [3.63, 3.8) is 0 Å². The van der Waals surface area contributed by atoms with Crippen LogP contribution < -0.4 is 4.90 Å². The largest absolute Gasteiger partial charge is 0.389 e. The predicted molar refractivity (Wildman–Crippen MR) is 87.3 cm³/mol. The minimum Gasteiger partial charge on any atom is -0.389 e. The fraction of sp³-hybridized carbons (Fsp3) is 0.444. The van der Waals surface area contributed by atoms with Crippen molar-refractivity contribution in [1.29, 1.82) is 0 Å². The lowest BCUT2D eigenvalue weighted by molar-refractivity contribution is -0.0263. The molecule has 2 heterocycles. The SMILES string of the molecule is Cc1ccc(-c2nc(N3CC(O)C3)nc3c2CCCC3(F)F)cc1. The number of halogens is 2. The van der Waals surface area contributed by atoms with Gasteiger partial charge < -0.3 is 10.0 Å². The maximum atomic E-state index is 14.4. The number of hydrogen-bond donors (Lipinski definition) is 1. The Morgan fingerprint density at radius 1 is 1.17 bits per heavy atom. The van der Waals surface area contributed by atoms with Crippen molar-refractivity contribution in [2.45, 2.75) is 38.2 Å². The standard InChI is InChI=1S/C18H19F2N3O/c1-11-4-6-12(7-5-11)15-14-3-2-8-18(19,20)16(14)22-17(21-15)23-9-13(24)10-23/h4-7,13,24H,2-3,8-10H2,1H3. The van der Waals surface area contributed by atoms with Crippen LogP contribution in [0.1, 0.15) is 29.7 Å². The minimum atomic E-state index is -2.92. The fourth-order valence-electron chi connectivity index (χ4n) is 3.33. The summed E-state index contributed by atoms with van der Waals surface area (Å²) in [5.74, 6) is -2.63. The van der Waals surface area contributed by atoms with Gasteiger partial charge in [-0.3, -0.25) is 0 Å². The summed E-state index contributed by atoms with van der Waals surface area (Å²) < 4.78 is 28.9. The van der Waals surface area contributed by atoms with E-state index in [2.05, 4.69) is 9.97 Å². The monoisotopic (exact) mass is 331 g/mol. The van der Waals surface area contributed by atoms with Crippen LogP contribution in [0.3, 0.4) is 0 Å². The van der Waals surface area contributed by atoms with Gasteiger partial charge >= 0.3 is 0 Å². The first kappa shape index (κ1) is 15.4. The molecule has 2 aromatic rings. The molecule has 0 atom stereocenters. The molecule has 1 fully saturated rings. The Bertz CT molecular complexity index is 771. The quantitative estimate of drug-likeness (QED) is 0.919. The second kappa shape index (κ2) is 5.48. The van der Waals surface area contributed by atoms with Gasteiger partial charge in [0.05, 0.1) is 11.8 Å². The third kappa shape index (κ3) is 2.55. The molecule has 1 aliphatic heterocycles. The van der Waals surface area contributed by atoms with Gasteiger partial charge in [0.15, 0.2) is 0 Å². The van der Waals surface area contributed by atoms with Gasteiger partial charge in [-0.25, -0.2) is 9.97 Å². The Labute approximate surface area is 139 Å². The second-order valence-corrected chi connectivity index (χ2v) is 6.68. The first-order chi connectivity index (χ1) is 11.4. The van der Waals surface area contributed by atoms with Crippen LogP contribution in [0.2, 0.25) is 0 Å². The van der Waals surface area contributed by atoms with Gasteiger partial charge in [-0.1, -0.05) is 29.8 Å². The second-order valence-electron chi connectivity index (χ2n) is 6.68. The van der Waals surface area contributed by atoms with E-state index in [1.807, 2.05) is 31.2 Å². The smallest absolute Gasteiger partial charge is 0.290 e. The van der Waals surface area contributed by atoms with Crippen molar-refractivity contribution in [3.8, 4) is 11.3 Å². The molecule has 1 aromatic heterocycles. The molecule has 4 rings (SSSR count). The van der Waals surface area contributed by atoms with E-state index in [9.17, 15) is 13.9 Å². The average molecular weight is 331 g/mol. The Kier molecular flexibility index (Phi) is 3.53. The number of rotatable bonds is 2. The molecule has 0 radical (unpaired) electrons. The molecule has 0 spiro atoms. The molecule has 4 nitrogen and oxygen atoms in total. The minimum absolute atomic E-state index is 0.143. The van der Waals surface area contributed by atoms with Crippen molar-refractivity contribution in [2.75, 3.05) is 18.0 Å². The molecule has 0 saturated carbocycles. The molecule has 1 N–H and O–H groups in total. The first-order valence-corrected chi connectivity index (χ1v) is 8.23. The van der Waals surface area contributed by atoms with E-state index in [1.165, 1.54) is 0 Å². The van der Waals surface area contributed by atoms with Gasteiger partial charge in [0.25, 0.3) is 5.92 Å². The molecule has 24 heavy (non-hydrogen) atoms. The highest BCUT2D eigenvalue weighted by atomic mass is 19.3. The van der Waals surface area contributed by atoms with E-state index in [1.54, 1.807) is 4.90 Å². The first-order valence-electron chi connectivity index (χ1n) is 8.23. The van der Waals surface area contributed by atoms with Gasteiger partial charge in [0.1, 0.15) is 5.69 Å². The van der Waals surface area contributed by atoms with Crippen molar-refractivity contribution in [3.05, 3.63) is 41.1 Å². The van der Waals surface area contributed by atoms with Crippen LogP contribution in [-0.2, 0) is 12.3 Å². The number of hydrogen-bond acceptors (Lipinski definition) is 4. The van der Waals surface area contributed by atoms with E-state index >= 15 is 0 Å². The summed E-state index contributed by atoms with van der Waals surface area (Å²) in [4.78, 5) is 10.5. The number of aromatic nitrogens is 2. The van der Waals surface area contributed by atoms with Gasteiger partial charge in [-0.15, -0.1) is 0 Å². The summed E-state index contributed by atoms with van der Waals surface area (Å²) in [6.45, 7) is 2.76. The summed E-state index contributed by atoms with van der Waals surface area (Å²) in [5.41, 5.74) is 2.95. The Morgan fingerprint density at radius 3 is 2.54 bits per heavy atom. The van der Waals surface area contributed by atoms with Gasteiger partial charge in [0, 0.05) is 30.6 Å². The summed E-state index contributed by atoms with van der Waals surface area (Å²) >= 11 is 0. The zero-order valence-electron chi connectivity index (χ0n) is 13.5. The molecule has 1 aromatic carbocycles. The van der Waals surface area contributed by atoms with Crippen molar-refractivity contribution >= 4 is 5.95 Å². The lowest BCUT2D eigenvalue weighted by Crippen LogP contribution is -2.51. The highest BCUT2D eigenvalue weighted by Gasteiger charge is 2.41. The van der Waals surface area contributed by atoms with Crippen LogP contribution in [0.4, 0.5) is 14.7 Å². The molecular formula is C18H19F2N3O. The number of anilines is 1. The summed E-state index contributed by atoms with van der Waals surface area (Å²) in [6, 6.07) is 7.74. The maximum Gasteiger partial charge on any atom is 0.290 e. The fourth-order valence-corrected chi connectivity index (χ4v) is 3.33. The van der Waals surface area contributed by atoms with Crippen molar-refractivity contribution in [2.24, 2.45) is 0 Å². The number of benzene rings is 1. The molecule has 2 aliphatic rings.